The first-order valence-electron chi connectivity index (χ1n) is 10.0. The number of anilines is 2. The first-order valence-corrected chi connectivity index (χ1v) is 10.4. The highest BCUT2D eigenvalue weighted by atomic mass is 32.1. The van der Waals surface area contributed by atoms with E-state index in [2.05, 4.69) is 29.8 Å². The van der Waals surface area contributed by atoms with Gasteiger partial charge in [-0.1, -0.05) is 33.8 Å². The second-order valence-electron chi connectivity index (χ2n) is 7.69. The van der Waals surface area contributed by atoms with Gasteiger partial charge in [0.1, 0.15) is 5.75 Å². The average Bonchev–Trinajstić information content (AvgIpc) is 2.69. The van der Waals surface area contributed by atoms with Gasteiger partial charge in [-0.05, 0) is 67.0 Å². The van der Waals surface area contributed by atoms with E-state index in [4.69, 9.17) is 17.0 Å². The maximum atomic E-state index is 12.5. The molecule has 2 aromatic rings. The van der Waals surface area contributed by atoms with Gasteiger partial charge >= 0.3 is 0 Å². The Morgan fingerprint density at radius 3 is 2.20 bits per heavy atom. The van der Waals surface area contributed by atoms with Gasteiger partial charge in [0.2, 0.25) is 5.91 Å². The summed E-state index contributed by atoms with van der Waals surface area (Å²) in [5.41, 5.74) is 1.87. The lowest BCUT2D eigenvalue weighted by Gasteiger charge is -2.12. The average molecular weight is 428 g/mol. The van der Waals surface area contributed by atoms with E-state index in [-0.39, 0.29) is 22.8 Å². The summed E-state index contributed by atoms with van der Waals surface area (Å²) in [5.74, 6) is 0.753. The van der Waals surface area contributed by atoms with Crippen molar-refractivity contribution >= 4 is 40.5 Å². The van der Waals surface area contributed by atoms with Gasteiger partial charge in [0, 0.05) is 22.9 Å². The molecule has 0 saturated heterocycles. The topological polar surface area (TPSA) is 79.5 Å². The smallest absolute Gasteiger partial charge is 0.257 e. The third kappa shape index (κ3) is 7.83. The van der Waals surface area contributed by atoms with Crippen LogP contribution in [0.4, 0.5) is 11.4 Å². The number of hydrogen-bond acceptors (Lipinski definition) is 4. The standard InChI is InChI=1S/C23H29N3O3S/c1-15(2)12-13-29-20-7-5-6-17(14-20)22(28)26-23(30)25-19-10-8-18(9-11-19)24-21(27)16(3)4/h5-11,14-16H,12-13H2,1-4H3,(H,24,27)(H2,25,26,28,30). The van der Waals surface area contributed by atoms with E-state index in [1.54, 1.807) is 42.5 Å². The van der Waals surface area contributed by atoms with E-state index in [1.807, 2.05) is 19.9 Å². The molecule has 0 aliphatic heterocycles. The molecule has 0 bridgehead atoms. The zero-order valence-corrected chi connectivity index (χ0v) is 18.6. The molecule has 160 valence electrons. The maximum Gasteiger partial charge on any atom is 0.257 e. The van der Waals surface area contributed by atoms with Crippen LogP contribution in [0.15, 0.2) is 48.5 Å². The second kappa shape index (κ2) is 11.3. The lowest BCUT2D eigenvalue weighted by atomic mass is 10.1. The molecule has 2 rings (SSSR count). The first-order chi connectivity index (χ1) is 14.2. The Kier molecular flexibility index (Phi) is 8.80. The highest BCUT2D eigenvalue weighted by Crippen LogP contribution is 2.16. The van der Waals surface area contributed by atoms with Gasteiger partial charge in [0.05, 0.1) is 6.61 Å². The molecule has 2 aromatic carbocycles. The Morgan fingerprint density at radius 1 is 0.967 bits per heavy atom. The van der Waals surface area contributed by atoms with Crippen molar-refractivity contribution in [3.8, 4) is 5.75 Å². The summed E-state index contributed by atoms with van der Waals surface area (Å²) in [6, 6.07) is 14.1. The zero-order chi connectivity index (χ0) is 22.1. The molecule has 7 heteroatoms. The molecule has 6 nitrogen and oxygen atoms in total. The van der Waals surface area contributed by atoms with E-state index in [9.17, 15) is 9.59 Å². The molecule has 0 atom stereocenters. The Balaban J connectivity index is 1.88. The largest absolute Gasteiger partial charge is 0.494 e. The van der Waals surface area contributed by atoms with Gasteiger partial charge in [0.25, 0.3) is 5.91 Å². The molecule has 0 heterocycles. The lowest BCUT2D eigenvalue weighted by molar-refractivity contribution is -0.118. The van der Waals surface area contributed by atoms with Crippen molar-refractivity contribution in [2.75, 3.05) is 17.2 Å². The number of hydrogen-bond donors (Lipinski definition) is 3. The van der Waals surface area contributed by atoms with Crippen LogP contribution in [0, 0.1) is 11.8 Å². The number of carbonyl (C=O) groups is 2. The van der Waals surface area contributed by atoms with Crippen LogP contribution in [0.5, 0.6) is 5.75 Å². The van der Waals surface area contributed by atoms with Gasteiger partial charge in [-0.25, -0.2) is 0 Å². The van der Waals surface area contributed by atoms with Crippen molar-refractivity contribution in [2.45, 2.75) is 34.1 Å². The summed E-state index contributed by atoms with van der Waals surface area (Å²) in [5, 5.41) is 8.63. The first kappa shape index (κ1) is 23.3. The van der Waals surface area contributed by atoms with Crippen molar-refractivity contribution in [3.05, 3.63) is 54.1 Å². The molecule has 0 aliphatic rings. The highest BCUT2D eigenvalue weighted by molar-refractivity contribution is 7.80. The van der Waals surface area contributed by atoms with Gasteiger partial charge < -0.3 is 15.4 Å². The summed E-state index contributed by atoms with van der Waals surface area (Å²) >= 11 is 5.24. The highest BCUT2D eigenvalue weighted by Gasteiger charge is 2.10. The number of benzene rings is 2. The fourth-order valence-corrected chi connectivity index (χ4v) is 2.61. The van der Waals surface area contributed by atoms with Crippen molar-refractivity contribution in [3.63, 3.8) is 0 Å². The molecule has 30 heavy (non-hydrogen) atoms. The van der Waals surface area contributed by atoms with Crippen LogP contribution in [0.3, 0.4) is 0 Å². The van der Waals surface area contributed by atoms with E-state index < -0.39 is 0 Å². The van der Waals surface area contributed by atoms with Crippen LogP contribution in [0.2, 0.25) is 0 Å². The number of carbonyl (C=O) groups excluding carboxylic acids is 2. The summed E-state index contributed by atoms with van der Waals surface area (Å²) < 4.78 is 5.70. The number of nitrogens with one attached hydrogen (secondary N) is 3. The van der Waals surface area contributed by atoms with Crippen LogP contribution >= 0.6 is 12.2 Å². The number of ether oxygens (including phenoxy) is 1. The minimum absolute atomic E-state index is 0.0473. The summed E-state index contributed by atoms with van der Waals surface area (Å²) in [6.45, 7) is 8.54. The van der Waals surface area contributed by atoms with Crippen LogP contribution in [-0.4, -0.2) is 23.5 Å². The summed E-state index contributed by atoms with van der Waals surface area (Å²) in [6.07, 6.45) is 0.949. The van der Waals surface area contributed by atoms with Crippen molar-refractivity contribution in [1.82, 2.24) is 5.32 Å². The molecule has 0 aliphatic carbocycles. The zero-order valence-electron chi connectivity index (χ0n) is 17.8. The fraction of sp³-hybridized carbons (Fsp3) is 0.348. The quantitative estimate of drug-likeness (QED) is 0.526. The predicted octanol–water partition coefficient (Wildman–Crippen LogP) is 4.83. The van der Waals surface area contributed by atoms with E-state index in [1.165, 1.54) is 0 Å². The Labute approximate surface area is 183 Å². The Hall–Kier alpha value is -2.93. The normalized spacial score (nSPS) is 10.6. The van der Waals surface area contributed by atoms with Crippen molar-refractivity contribution < 1.29 is 14.3 Å². The Bertz CT molecular complexity index is 880. The van der Waals surface area contributed by atoms with Gasteiger partial charge in [-0.3, -0.25) is 14.9 Å². The number of amides is 2. The van der Waals surface area contributed by atoms with E-state index in [0.717, 1.165) is 6.42 Å². The molecular formula is C23H29N3O3S. The molecular weight excluding hydrogens is 398 g/mol. The molecule has 2 amide bonds. The second-order valence-corrected chi connectivity index (χ2v) is 8.10. The van der Waals surface area contributed by atoms with Crippen molar-refractivity contribution in [1.29, 1.82) is 0 Å². The van der Waals surface area contributed by atoms with Gasteiger partial charge in [-0.2, -0.15) is 0 Å². The molecule has 0 spiro atoms. The van der Waals surface area contributed by atoms with Crippen LogP contribution in [0.1, 0.15) is 44.5 Å². The molecule has 0 unspecified atom stereocenters. The minimum Gasteiger partial charge on any atom is -0.494 e. The van der Waals surface area contributed by atoms with Crippen LogP contribution in [-0.2, 0) is 4.79 Å². The third-order valence-corrected chi connectivity index (χ3v) is 4.43. The van der Waals surface area contributed by atoms with Crippen LogP contribution < -0.4 is 20.7 Å². The summed E-state index contributed by atoms with van der Waals surface area (Å²) in [7, 11) is 0. The van der Waals surface area contributed by atoms with Gasteiger partial charge in [0.15, 0.2) is 5.11 Å². The molecule has 0 fully saturated rings. The molecule has 0 aromatic heterocycles. The molecule has 3 N–H and O–H groups in total. The number of rotatable bonds is 8. The van der Waals surface area contributed by atoms with Gasteiger partial charge in [-0.15, -0.1) is 0 Å². The van der Waals surface area contributed by atoms with Crippen molar-refractivity contribution in [2.24, 2.45) is 11.8 Å². The van der Waals surface area contributed by atoms with E-state index >= 15 is 0 Å². The molecule has 0 radical (unpaired) electrons. The predicted molar refractivity (Wildman–Crippen MR) is 125 cm³/mol. The third-order valence-electron chi connectivity index (χ3n) is 4.22. The van der Waals surface area contributed by atoms with Crippen LogP contribution in [0.25, 0.3) is 0 Å². The fourth-order valence-electron chi connectivity index (χ4n) is 2.40. The molecule has 0 saturated carbocycles. The monoisotopic (exact) mass is 427 g/mol. The minimum atomic E-state index is -0.317. The SMILES string of the molecule is CC(C)CCOc1cccc(C(=O)NC(=S)Nc2ccc(NC(=O)C(C)C)cc2)c1. The van der Waals surface area contributed by atoms with E-state index in [0.29, 0.717) is 35.2 Å². The lowest BCUT2D eigenvalue weighted by Crippen LogP contribution is -2.34. The number of thiocarbonyl (C=S) groups is 1. The maximum absolute atomic E-state index is 12.5. The summed E-state index contributed by atoms with van der Waals surface area (Å²) in [4.78, 5) is 24.2. The Morgan fingerprint density at radius 2 is 1.60 bits per heavy atom.